The van der Waals surface area contributed by atoms with Gasteiger partial charge in [0.25, 0.3) is 0 Å². The molecule has 0 aromatic heterocycles. The monoisotopic (exact) mass is 338 g/mol. The number of rotatable bonds is 2. The third kappa shape index (κ3) is 2.59. The van der Waals surface area contributed by atoms with E-state index in [1.165, 1.54) is 21.0 Å². The number of ether oxygens (including phenoxy) is 1. The van der Waals surface area contributed by atoms with Gasteiger partial charge in [0.05, 0.1) is 18.5 Å². The van der Waals surface area contributed by atoms with Crippen LogP contribution in [0.2, 0.25) is 0 Å². The summed E-state index contributed by atoms with van der Waals surface area (Å²) in [5, 5.41) is 6.27. The van der Waals surface area contributed by atoms with Gasteiger partial charge in [0.15, 0.2) is 0 Å². The van der Waals surface area contributed by atoms with Crippen LogP contribution in [0.3, 0.4) is 0 Å². The molecule has 2 aliphatic heterocycles. The van der Waals surface area contributed by atoms with E-state index in [-0.39, 0.29) is 11.8 Å². The average Bonchev–Trinajstić information content (AvgIpc) is 2.61. The molecule has 1 unspecified atom stereocenters. The van der Waals surface area contributed by atoms with Gasteiger partial charge in [0.2, 0.25) is 5.91 Å². The molecule has 0 saturated carbocycles. The van der Waals surface area contributed by atoms with Crippen molar-refractivity contribution in [3.8, 4) is 5.75 Å². The van der Waals surface area contributed by atoms with Gasteiger partial charge >= 0.3 is 0 Å². The Kier molecular flexibility index (Phi) is 3.81. The second kappa shape index (κ2) is 5.98. The van der Waals surface area contributed by atoms with Crippen molar-refractivity contribution in [2.75, 3.05) is 17.9 Å². The molecule has 0 saturated heterocycles. The molecule has 2 aliphatic rings. The van der Waals surface area contributed by atoms with Crippen LogP contribution >= 0.6 is 11.8 Å². The van der Waals surface area contributed by atoms with E-state index in [1.807, 2.05) is 36.0 Å². The Morgan fingerprint density at radius 3 is 2.75 bits per heavy atom. The Hall–Kier alpha value is -2.27. The van der Waals surface area contributed by atoms with Crippen LogP contribution in [-0.2, 0) is 4.79 Å². The molecule has 1 atom stereocenters. The number of hydrazone groups is 1. The van der Waals surface area contributed by atoms with Gasteiger partial charge in [-0.1, -0.05) is 11.6 Å². The van der Waals surface area contributed by atoms with Gasteiger partial charge < -0.3 is 4.74 Å². The number of amides is 1. The summed E-state index contributed by atoms with van der Waals surface area (Å²) in [5.41, 5.74) is 4.19. The molecule has 4 rings (SSSR count). The van der Waals surface area contributed by atoms with Gasteiger partial charge in [-0.25, -0.2) is 5.01 Å². The quantitative estimate of drug-likeness (QED) is 0.835. The van der Waals surface area contributed by atoms with E-state index in [0.717, 1.165) is 22.9 Å². The zero-order chi connectivity index (χ0) is 16.7. The number of fused-ring (bicyclic) bond motifs is 3. The van der Waals surface area contributed by atoms with E-state index in [0.29, 0.717) is 6.42 Å². The number of hydrogen-bond acceptors (Lipinski definition) is 4. The SMILES string of the molecule is COc1ccc(N2N=C3c4cc(C)ccc4SCC3CC2=O)cc1. The highest BCUT2D eigenvalue weighted by atomic mass is 32.2. The molecular formula is C19H18N2O2S. The fourth-order valence-electron chi connectivity index (χ4n) is 3.14. The third-order valence-electron chi connectivity index (χ3n) is 4.42. The van der Waals surface area contributed by atoms with Crippen LogP contribution < -0.4 is 9.75 Å². The predicted octanol–water partition coefficient (Wildman–Crippen LogP) is 3.87. The van der Waals surface area contributed by atoms with Crippen molar-refractivity contribution in [2.24, 2.45) is 11.0 Å². The molecule has 2 heterocycles. The van der Waals surface area contributed by atoms with Gasteiger partial charge in [-0.15, -0.1) is 11.8 Å². The summed E-state index contributed by atoms with van der Waals surface area (Å²) in [6, 6.07) is 13.9. The molecule has 1 amide bonds. The minimum absolute atomic E-state index is 0.0469. The summed E-state index contributed by atoms with van der Waals surface area (Å²) in [7, 11) is 1.63. The van der Waals surface area contributed by atoms with E-state index in [9.17, 15) is 4.79 Å². The normalized spacial score (nSPS) is 19.4. The van der Waals surface area contributed by atoms with E-state index in [4.69, 9.17) is 9.84 Å². The zero-order valence-corrected chi connectivity index (χ0v) is 14.5. The van der Waals surface area contributed by atoms with Crippen LogP contribution in [0.4, 0.5) is 5.69 Å². The molecule has 0 radical (unpaired) electrons. The second-order valence-electron chi connectivity index (χ2n) is 6.10. The van der Waals surface area contributed by atoms with Gasteiger partial charge in [-0.2, -0.15) is 5.10 Å². The molecule has 4 nitrogen and oxygen atoms in total. The van der Waals surface area contributed by atoms with E-state index >= 15 is 0 Å². The fraction of sp³-hybridized carbons (Fsp3) is 0.263. The number of methoxy groups -OCH3 is 1. The minimum Gasteiger partial charge on any atom is -0.497 e. The van der Waals surface area contributed by atoms with E-state index in [1.54, 1.807) is 7.11 Å². The first-order valence-electron chi connectivity index (χ1n) is 7.95. The first-order chi connectivity index (χ1) is 11.7. The van der Waals surface area contributed by atoms with Gasteiger partial charge in [-0.05, 0) is 43.3 Å². The molecule has 2 aromatic rings. The Bertz CT molecular complexity index is 830. The van der Waals surface area contributed by atoms with Gasteiger partial charge in [0.1, 0.15) is 5.75 Å². The summed E-state index contributed by atoms with van der Waals surface area (Å²) < 4.78 is 5.19. The largest absolute Gasteiger partial charge is 0.497 e. The molecule has 0 N–H and O–H groups in total. The number of hydrogen-bond donors (Lipinski definition) is 0. The molecule has 122 valence electrons. The van der Waals surface area contributed by atoms with Crippen molar-refractivity contribution in [2.45, 2.75) is 18.2 Å². The summed E-state index contributed by atoms with van der Waals surface area (Å²) >= 11 is 1.82. The maximum atomic E-state index is 12.6. The van der Waals surface area contributed by atoms with Gasteiger partial charge in [-0.3, -0.25) is 4.79 Å². The lowest BCUT2D eigenvalue weighted by Gasteiger charge is -2.33. The summed E-state index contributed by atoms with van der Waals surface area (Å²) in [5.74, 6) is 1.93. The number of aryl methyl sites for hydroxylation is 1. The van der Waals surface area contributed by atoms with Crippen LogP contribution in [0.15, 0.2) is 52.5 Å². The lowest BCUT2D eigenvalue weighted by Crippen LogP contribution is -2.39. The number of anilines is 1. The molecule has 24 heavy (non-hydrogen) atoms. The smallest absolute Gasteiger partial charge is 0.248 e. The van der Waals surface area contributed by atoms with Crippen molar-refractivity contribution < 1.29 is 9.53 Å². The van der Waals surface area contributed by atoms with Crippen molar-refractivity contribution >= 4 is 29.1 Å². The summed E-state index contributed by atoms with van der Waals surface area (Å²) in [6.07, 6.45) is 0.505. The summed E-state index contributed by atoms with van der Waals surface area (Å²) in [6.45, 7) is 2.09. The van der Waals surface area contributed by atoms with Crippen LogP contribution in [-0.4, -0.2) is 24.5 Å². The van der Waals surface area contributed by atoms with Crippen LogP contribution in [0, 0.1) is 12.8 Å². The Morgan fingerprint density at radius 1 is 1.21 bits per heavy atom. The molecule has 2 aromatic carbocycles. The van der Waals surface area contributed by atoms with Gasteiger partial charge in [0, 0.05) is 28.6 Å². The Labute approximate surface area is 145 Å². The minimum atomic E-state index is 0.0469. The number of benzene rings is 2. The summed E-state index contributed by atoms with van der Waals surface area (Å²) in [4.78, 5) is 13.8. The van der Waals surface area contributed by atoms with Crippen LogP contribution in [0.25, 0.3) is 0 Å². The average molecular weight is 338 g/mol. The molecule has 5 heteroatoms. The Morgan fingerprint density at radius 2 is 2.00 bits per heavy atom. The van der Waals surface area contributed by atoms with Crippen molar-refractivity contribution in [3.63, 3.8) is 0 Å². The second-order valence-corrected chi connectivity index (χ2v) is 7.16. The highest BCUT2D eigenvalue weighted by Crippen LogP contribution is 2.38. The highest BCUT2D eigenvalue weighted by Gasteiger charge is 2.34. The standard InChI is InChI=1S/C19H18N2O2S/c1-12-3-8-17-16(9-12)19-13(11-24-17)10-18(22)21(20-19)14-4-6-15(23-2)7-5-14/h3-9,13H,10-11H2,1-2H3. The molecule has 0 aliphatic carbocycles. The lowest BCUT2D eigenvalue weighted by molar-refractivity contribution is -0.119. The number of carbonyl (C=O) groups is 1. The first-order valence-corrected chi connectivity index (χ1v) is 8.93. The highest BCUT2D eigenvalue weighted by molar-refractivity contribution is 7.99. The number of thioether (sulfide) groups is 1. The molecule has 0 spiro atoms. The number of carbonyl (C=O) groups excluding carboxylic acids is 1. The van der Waals surface area contributed by atoms with Crippen molar-refractivity contribution in [3.05, 3.63) is 53.6 Å². The molecule has 0 bridgehead atoms. The first kappa shape index (κ1) is 15.3. The van der Waals surface area contributed by atoms with Crippen LogP contribution in [0.5, 0.6) is 5.75 Å². The van der Waals surface area contributed by atoms with E-state index in [2.05, 4.69) is 25.1 Å². The zero-order valence-electron chi connectivity index (χ0n) is 13.7. The lowest BCUT2D eigenvalue weighted by atomic mass is 9.92. The maximum absolute atomic E-state index is 12.6. The van der Waals surface area contributed by atoms with Crippen molar-refractivity contribution in [1.29, 1.82) is 0 Å². The Balaban J connectivity index is 1.77. The van der Waals surface area contributed by atoms with Crippen molar-refractivity contribution in [1.82, 2.24) is 0 Å². The fourth-order valence-corrected chi connectivity index (χ4v) is 4.28. The number of nitrogens with zero attached hydrogens (tertiary/aromatic N) is 2. The molecular weight excluding hydrogens is 320 g/mol. The maximum Gasteiger partial charge on any atom is 0.248 e. The molecule has 0 fully saturated rings. The third-order valence-corrected chi connectivity index (χ3v) is 5.66. The predicted molar refractivity (Wildman–Crippen MR) is 97.0 cm³/mol. The topological polar surface area (TPSA) is 41.9 Å². The van der Waals surface area contributed by atoms with Crippen LogP contribution in [0.1, 0.15) is 17.5 Å². The van der Waals surface area contributed by atoms with E-state index < -0.39 is 0 Å².